The minimum atomic E-state index is -0.376. The first kappa shape index (κ1) is 11.3. The molecule has 0 fully saturated rings. The molecule has 3 nitrogen and oxygen atoms in total. The Balaban J connectivity index is 2.57. The van der Waals surface area contributed by atoms with E-state index < -0.39 is 0 Å². The molecule has 0 saturated carbocycles. The summed E-state index contributed by atoms with van der Waals surface area (Å²) in [5, 5.41) is 18.2. The molecule has 14 heavy (non-hydrogen) atoms. The molecule has 0 aromatic heterocycles. The van der Waals surface area contributed by atoms with Crippen LogP contribution in [0.4, 0.5) is 0 Å². The summed E-state index contributed by atoms with van der Waals surface area (Å²) in [6, 6.07) is 6.94. The number of aliphatic hydroxyl groups is 2. The first-order valence-corrected chi connectivity index (χ1v) is 4.78. The number of benzene rings is 1. The van der Waals surface area contributed by atoms with Crippen LogP contribution < -0.4 is 4.74 Å². The van der Waals surface area contributed by atoms with Crippen molar-refractivity contribution < 1.29 is 14.9 Å². The van der Waals surface area contributed by atoms with Gasteiger partial charge >= 0.3 is 0 Å². The minimum absolute atomic E-state index is 0.00814. The summed E-state index contributed by atoms with van der Waals surface area (Å²) in [5.41, 5.74) is 0. The molecule has 2 N–H and O–H groups in total. The molecule has 0 radical (unpaired) electrons. The van der Waals surface area contributed by atoms with Gasteiger partial charge < -0.3 is 14.9 Å². The van der Waals surface area contributed by atoms with E-state index in [9.17, 15) is 0 Å². The number of rotatable bonds is 5. The molecule has 0 aliphatic carbocycles. The van der Waals surface area contributed by atoms with Crippen LogP contribution in [0.1, 0.15) is 6.42 Å². The summed E-state index contributed by atoms with van der Waals surface area (Å²) >= 11 is 5.76. The van der Waals surface area contributed by atoms with Crippen molar-refractivity contribution in [3.05, 3.63) is 29.3 Å². The summed E-state index contributed by atoms with van der Waals surface area (Å²) in [5.74, 6) is 0.602. The van der Waals surface area contributed by atoms with Gasteiger partial charge in [-0.15, -0.1) is 0 Å². The Bertz CT molecular complexity index is 278. The van der Waals surface area contributed by atoms with E-state index in [-0.39, 0.29) is 19.3 Å². The van der Waals surface area contributed by atoms with Crippen molar-refractivity contribution in [1.82, 2.24) is 0 Å². The van der Waals surface area contributed by atoms with Crippen LogP contribution in [0.2, 0.25) is 5.02 Å². The topological polar surface area (TPSA) is 49.7 Å². The average molecular weight is 217 g/mol. The van der Waals surface area contributed by atoms with Crippen molar-refractivity contribution in [2.75, 3.05) is 13.2 Å². The third-order valence-corrected chi connectivity index (χ3v) is 1.99. The van der Waals surface area contributed by atoms with Gasteiger partial charge in [-0.05, 0) is 18.2 Å². The van der Waals surface area contributed by atoms with Gasteiger partial charge in [0.25, 0.3) is 0 Å². The first-order chi connectivity index (χ1) is 6.76. The third kappa shape index (κ3) is 3.54. The molecule has 0 saturated heterocycles. The number of halogens is 1. The highest BCUT2D eigenvalue weighted by Crippen LogP contribution is 2.18. The lowest BCUT2D eigenvalue weighted by Crippen LogP contribution is -2.22. The van der Waals surface area contributed by atoms with Crippen LogP contribution in [0, 0.1) is 0 Å². The highest BCUT2D eigenvalue weighted by Gasteiger charge is 2.08. The van der Waals surface area contributed by atoms with E-state index in [1.54, 1.807) is 24.3 Å². The first-order valence-electron chi connectivity index (χ1n) is 4.40. The van der Waals surface area contributed by atoms with Gasteiger partial charge in [0.2, 0.25) is 0 Å². The molecule has 0 unspecified atom stereocenters. The Morgan fingerprint density at radius 2 is 2.14 bits per heavy atom. The Morgan fingerprint density at radius 3 is 2.71 bits per heavy atom. The SMILES string of the molecule is OCC[C@@H](CO)Oc1cccc(Cl)c1. The molecule has 0 spiro atoms. The highest BCUT2D eigenvalue weighted by atomic mass is 35.5. The number of hydrogen-bond donors (Lipinski definition) is 2. The van der Waals surface area contributed by atoms with E-state index in [4.69, 9.17) is 26.6 Å². The number of hydrogen-bond acceptors (Lipinski definition) is 3. The van der Waals surface area contributed by atoms with Gasteiger partial charge in [0.05, 0.1) is 6.61 Å². The van der Waals surface area contributed by atoms with Gasteiger partial charge in [0.1, 0.15) is 11.9 Å². The maximum absolute atomic E-state index is 8.92. The maximum atomic E-state index is 8.92. The molecular formula is C10H13ClO3. The van der Waals surface area contributed by atoms with E-state index >= 15 is 0 Å². The Kier molecular flexibility index (Phi) is 4.73. The molecule has 1 atom stereocenters. The van der Waals surface area contributed by atoms with Gasteiger partial charge in [-0.1, -0.05) is 17.7 Å². The molecule has 0 aliphatic heterocycles. The molecule has 1 rings (SSSR count). The molecule has 0 bridgehead atoms. The van der Waals surface area contributed by atoms with Crippen molar-refractivity contribution in [2.24, 2.45) is 0 Å². The van der Waals surface area contributed by atoms with Crippen LogP contribution in [-0.2, 0) is 0 Å². The number of ether oxygens (including phenoxy) is 1. The van der Waals surface area contributed by atoms with Crippen LogP contribution in [0.25, 0.3) is 0 Å². The van der Waals surface area contributed by atoms with E-state index in [2.05, 4.69) is 0 Å². The summed E-state index contributed by atoms with van der Waals surface area (Å²) in [6.45, 7) is -0.126. The van der Waals surface area contributed by atoms with Crippen LogP contribution >= 0.6 is 11.6 Å². The van der Waals surface area contributed by atoms with Crippen molar-refractivity contribution in [2.45, 2.75) is 12.5 Å². The third-order valence-electron chi connectivity index (χ3n) is 1.75. The maximum Gasteiger partial charge on any atom is 0.124 e. The quantitative estimate of drug-likeness (QED) is 0.784. The Labute approximate surface area is 87.9 Å². The molecule has 0 heterocycles. The second-order valence-corrected chi connectivity index (χ2v) is 3.33. The summed E-state index contributed by atoms with van der Waals surface area (Å²) in [6.07, 6.45) is 0.0293. The smallest absolute Gasteiger partial charge is 0.124 e. The van der Waals surface area contributed by atoms with Crippen molar-refractivity contribution in [3.8, 4) is 5.75 Å². The second-order valence-electron chi connectivity index (χ2n) is 2.89. The van der Waals surface area contributed by atoms with Gasteiger partial charge in [-0.2, -0.15) is 0 Å². The van der Waals surface area contributed by atoms with Crippen molar-refractivity contribution in [1.29, 1.82) is 0 Å². The zero-order valence-electron chi connectivity index (χ0n) is 7.69. The van der Waals surface area contributed by atoms with Crippen molar-refractivity contribution >= 4 is 11.6 Å². The largest absolute Gasteiger partial charge is 0.488 e. The van der Waals surface area contributed by atoms with Crippen LogP contribution in [-0.4, -0.2) is 29.5 Å². The van der Waals surface area contributed by atoms with Crippen LogP contribution in [0.3, 0.4) is 0 Å². The fraction of sp³-hybridized carbons (Fsp3) is 0.400. The summed E-state index contributed by atoms with van der Waals surface area (Å²) < 4.78 is 5.39. The number of aliphatic hydroxyl groups excluding tert-OH is 2. The van der Waals surface area contributed by atoms with Crippen LogP contribution in [0.15, 0.2) is 24.3 Å². The molecule has 0 amide bonds. The van der Waals surface area contributed by atoms with Crippen molar-refractivity contribution in [3.63, 3.8) is 0 Å². The fourth-order valence-electron chi connectivity index (χ4n) is 1.06. The molecular weight excluding hydrogens is 204 g/mol. The minimum Gasteiger partial charge on any atom is -0.488 e. The fourth-order valence-corrected chi connectivity index (χ4v) is 1.24. The zero-order valence-corrected chi connectivity index (χ0v) is 8.44. The van der Waals surface area contributed by atoms with E-state index in [0.717, 1.165) is 0 Å². The van der Waals surface area contributed by atoms with Gasteiger partial charge in [-0.25, -0.2) is 0 Å². The standard InChI is InChI=1S/C10H13ClO3/c11-8-2-1-3-9(6-8)14-10(7-13)4-5-12/h1-3,6,10,12-13H,4-5,7H2/t10-/m0/s1. The normalized spacial score (nSPS) is 12.5. The van der Waals surface area contributed by atoms with Gasteiger partial charge in [0, 0.05) is 18.1 Å². The van der Waals surface area contributed by atoms with E-state index in [0.29, 0.717) is 17.2 Å². The zero-order chi connectivity index (χ0) is 10.4. The van der Waals surface area contributed by atoms with Crippen LogP contribution in [0.5, 0.6) is 5.75 Å². The lowest BCUT2D eigenvalue weighted by molar-refractivity contribution is 0.0906. The lowest BCUT2D eigenvalue weighted by Gasteiger charge is -2.15. The highest BCUT2D eigenvalue weighted by molar-refractivity contribution is 6.30. The molecule has 0 aliphatic rings. The summed E-state index contributed by atoms with van der Waals surface area (Å²) in [7, 11) is 0. The monoisotopic (exact) mass is 216 g/mol. The average Bonchev–Trinajstić information content (AvgIpc) is 2.17. The molecule has 78 valence electrons. The van der Waals surface area contributed by atoms with Gasteiger partial charge in [0.15, 0.2) is 0 Å². The molecule has 1 aromatic rings. The lowest BCUT2D eigenvalue weighted by atomic mass is 10.2. The van der Waals surface area contributed by atoms with Gasteiger partial charge in [-0.3, -0.25) is 0 Å². The Hall–Kier alpha value is -0.770. The summed E-state index contributed by atoms with van der Waals surface area (Å²) in [4.78, 5) is 0. The van der Waals surface area contributed by atoms with E-state index in [1.807, 2.05) is 0 Å². The van der Waals surface area contributed by atoms with E-state index in [1.165, 1.54) is 0 Å². The predicted molar refractivity (Wildman–Crippen MR) is 54.7 cm³/mol. The Morgan fingerprint density at radius 1 is 1.36 bits per heavy atom. The molecule has 4 heteroatoms. The predicted octanol–water partition coefficient (Wildman–Crippen LogP) is 1.46. The molecule has 1 aromatic carbocycles. The second kappa shape index (κ2) is 5.86.